The van der Waals surface area contributed by atoms with Crippen LogP contribution in [0.2, 0.25) is 0 Å². The van der Waals surface area contributed by atoms with Crippen LogP contribution < -0.4 is 0 Å². The molecule has 11 heavy (non-hydrogen) atoms. The van der Waals surface area contributed by atoms with E-state index in [-0.39, 0.29) is 12.1 Å². The van der Waals surface area contributed by atoms with Crippen LogP contribution in [-0.4, -0.2) is 23.1 Å². The van der Waals surface area contributed by atoms with Crippen LogP contribution in [-0.2, 0) is 14.3 Å². The molecule has 60 valence electrons. The summed E-state index contributed by atoms with van der Waals surface area (Å²) in [5.41, 5.74) is 0. The van der Waals surface area contributed by atoms with Crippen molar-refractivity contribution in [1.29, 1.82) is 0 Å². The Balaban J connectivity index is 2.39. The van der Waals surface area contributed by atoms with E-state index in [0.29, 0.717) is 12.8 Å². The fourth-order valence-corrected chi connectivity index (χ4v) is 0.872. The summed E-state index contributed by atoms with van der Waals surface area (Å²) in [5.74, 6) is -1.28. The number of carboxylic acids is 1. The lowest BCUT2D eigenvalue weighted by Gasteiger charge is -1.99. The average Bonchev–Trinajstić information content (AvgIpc) is 2.31. The molecule has 0 spiro atoms. The van der Waals surface area contributed by atoms with Crippen molar-refractivity contribution in [2.75, 3.05) is 0 Å². The van der Waals surface area contributed by atoms with Gasteiger partial charge in [-0.2, -0.15) is 0 Å². The molecule has 0 aromatic carbocycles. The molecule has 0 saturated carbocycles. The summed E-state index contributed by atoms with van der Waals surface area (Å²) in [6, 6.07) is 0. The Hall–Kier alpha value is -1.32. The van der Waals surface area contributed by atoms with Gasteiger partial charge in [0, 0.05) is 12.5 Å². The van der Waals surface area contributed by atoms with Gasteiger partial charge in [0.1, 0.15) is 6.10 Å². The van der Waals surface area contributed by atoms with E-state index < -0.39 is 5.97 Å². The molecule has 1 fully saturated rings. The molecule has 1 aliphatic rings. The lowest BCUT2D eigenvalue weighted by molar-refractivity contribution is -0.140. The monoisotopic (exact) mass is 156 g/mol. The molecule has 0 aliphatic carbocycles. The van der Waals surface area contributed by atoms with Crippen LogP contribution in [0.1, 0.15) is 12.8 Å². The largest absolute Gasteiger partial charge is 0.478 e. The smallest absolute Gasteiger partial charge is 0.328 e. The van der Waals surface area contributed by atoms with Gasteiger partial charge >= 0.3 is 11.9 Å². The third kappa shape index (κ3) is 2.41. The minimum Gasteiger partial charge on any atom is -0.478 e. The second-order valence-corrected chi connectivity index (χ2v) is 2.26. The van der Waals surface area contributed by atoms with Gasteiger partial charge in [0.05, 0.1) is 0 Å². The third-order valence-corrected chi connectivity index (χ3v) is 1.37. The lowest BCUT2D eigenvalue weighted by Crippen LogP contribution is -2.03. The van der Waals surface area contributed by atoms with E-state index in [4.69, 9.17) is 9.84 Å². The maximum Gasteiger partial charge on any atom is 0.328 e. The number of hydrogen-bond acceptors (Lipinski definition) is 3. The highest BCUT2D eigenvalue weighted by Crippen LogP contribution is 2.14. The summed E-state index contributed by atoms with van der Waals surface area (Å²) in [4.78, 5) is 20.5. The molecule has 0 radical (unpaired) electrons. The minimum atomic E-state index is -1.02. The van der Waals surface area contributed by atoms with Gasteiger partial charge in [0.2, 0.25) is 0 Å². The first kappa shape index (κ1) is 7.78. The number of esters is 1. The van der Waals surface area contributed by atoms with Crippen LogP contribution in [0.25, 0.3) is 0 Å². The number of aliphatic carboxylic acids is 1. The van der Waals surface area contributed by atoms with Gasteiger partial charge in [0.15, 0.2) is 0 Å². The first-order chi connectivity index (χ1) is 5.18. The van der Waals surface area contributed by atoms with Crippen molar-refractivity contribution in [2.45, 2.75) is 18.9 Å². The highest BCUT2D eigenvalue weighted by Gasteiger charge is 2.20. The molecule has 1 heterocycles. The molecule has 0 aromatic rings. The molecule has 4 nitrogen and oxygen atoms in total. The van der Waals surface area contributed by atoms with Crippen molar-refractivity contribution >= 4 is 11.9 Å². The summed E-state index contributed by atoms with van der Waals surface area (Å²) < 4.78 is 4.72. The second kappa shape index (κ2) is 3.18. The maximum atomic E-state index is 10.5. The molecule has 1 rings (SSSR count). The topological polar surface area (TPSA) is 63.6 Å². The molecular formula is C7H8O4. The fraction of sp³-hybridized carbons (Fsp3) is 0.429. The molecule has 0 bridgehead atoms. The standard InChI is InChI=1S/C7H8O4/c8-6(9)3-1-5-2-4-7(10)11-5/h1,3,5H,2,4H2,(H,8,9). The van der Waals surface area contributed by atoms with Crippen LogP contribution >= 0.6 is 0 Å². The van der Waals surface area contributed by atoms with Crippen molar-refractivity contribution in [2.24, 2.45) is 0 Å². The summed E-state index contributed by atoms with van der Waals surface area (Å²) in [7, 11) is 0. The highest BCUT2D eigenvalue weighted by molar-refractivity contribution is 5.80. The SMILES string of the molecule is O=C(O)C=CC1CCC(=O)O1. The number of carbonyl (C=O) groups excluding carboxylic acids is 1. The van der Waals surface area contributed by atoms with Gasteiger partial charge in [0.25, 0.3) is 0 Å². The Bertz CT molecular complexity index is 206. The molecule has 1 atom stereocenters. The van der Waals surface area contributed by atoms with Crippen molar-refractivity contribution in [3.8, 4) is 0 Å². The molecule has 1 unspecified atom stereocenters. The zero-order valence-corrected chi connectivity index (χ0v) is 5.82. The normalized spacial score (nSPS) is 24.0. The molecule has 0 aromatic heterocycles. The number of rotatable bonds is 2. The Morgan fingerprint density at radius 1 is 1.73 bits per heavy atom. The number of carboxylic acid groups (broad SMARTS) is 1. The van der Waals surface area contributed by atoms with Crippen molar-refractivity contribution in [3.05, 3.63) is 12.2 Å². The number of carbonyl (C=O) groups is 2. The van der Waals surface area contributed by atoms with Crippen LogP contribution in [0, 0.1) is 0 Å². The maximum absolute atomic E-state index is 10.5. The van der Waals surface area contributed by atoms with Gasteiger partial charge in [-0.1, -0.05) is 0 Å². The summed E-state index contributed by atoms with van der Waals surface area (Å²) in [5, 5.41) is 8.21. The van der Waals surface area contributed by atoms with Gasteiger partial charge in [-0.05, 0) is 12.5 Å². The molecule has 0 amide bonds. The van der Waals surface area contributed by atoms with E-state index in [1.807, 2.05) is 0 Å². The van der Waals surface area contributed by atoms with Gasteiger partial charge in [-0.15, -0.1) is 0 Å². The van der Waals surface area contributed by atoms with Gasteiger partial charge in [-0.25, -0.2) is 4.79 Å². The minimum absolute atomic E-state index is 0.259. The molecule has 1 aliphatic heterocycles. The van der Waals surface area contributed by atoms with Crippen LogP contribution in [0.15, 0.2) is 12.2 Å². The number of cyclic esters (lactones) is 1. The Labute approximate surface area is 63.5 Å². The van der Waals surface area contributed by atoms with E-state index in [9.17, 15) is 9.59 Å². The zero-order valence-electron chi connectivity index (χ0n) is 5.82. The quantitative estimate of drug-likeness (QED) is 0.462. The van der Waals surface area contributed by atoms with Gasteiger partial charge in [-0.3, -0.25) is 4.79 Å². The zero-order chi connectivity index (χ0) is 8.27. The Morgan fingerprint density at radius 3 is 2.91 bits per heavy atom. The molecule has 4 heteroatoms. The predicted molar refractivity (Wildman–Crippen MR) is 35.9 cm³/mol. The highest BCUT2D eigenvalue weighted by atomic mass is 16.5. The van der Waals surface area contributed by atoms with Crippen LogP contribution in [0.3, 0.4) is 0 Å². The van der Waals surface area contributed by atoms with Gasteiger partial charge < -0.3 is 9.84 Å². The fourth-order valence-electron chi connectivity index (χ4n) is 0.872. The molecular weight excluding hydrogens is 148 g/mol. The van der Waals surface area contributed by atoms with Crippen LogP contribution in [0.5, 0.6) is 0 Å². The Morgan fingerprint density at radius 2 is 2.45 bits per heavy atom. The second-order valence-electron chi connectivity index (χ2n) is 2.26. The number of ether oxygens (including phenoxy) is 1. The first-order valence-corrected chi connectivity index (χ1v) is 3.29. The summed E-state index contributed by atoms with van der Waals surface area (Å²) in [6.07, 6.45) is 3.01. The predicted octanol–water partition coefficient (Wildman–Crippen LogP) is 0.333. The van der Waals surface area contributed by atoms with E-state index in [2.05, 4.69) is 0 Å². The van der Waals surface area contributed by atoms with E-state index in [1.165, 1.54) is 6.08 Å². The third-order valence-electron chi connectivity index (χ3n) is 1.37. The summed E-state index contributed by atoms with van der Waals surface area (Å²) in [6.45, 7) is 0. The number of hydrogen-bond donors (Lipinski definition) is 1. The first-order valence-electron chi connectivity index (χ1n) is 3.29. The lowest BCUT2D eigenvalue weighted by atomic mass is 10.2. The Kier molecular flexibility index (Phi) is 2.25. The van der Waals surface area contributed by atoms with Crippen molar-refractivity contribution < 1.29 is 19.4 Å². The van der Waals surface area contributed by atoms with E-state index in [0.717, 1.165) is 6.08 Å². The van der Waals surface area contributed by atoms with Crippen molar-refractivity contribution in [1.82, 2.24) is 0 Å². The summed E-state index contributed by atoms with van der Waals surface area (Å²) >= 11 is 0. The van der Waals surface area contributed by atoms with Crippen molar-refractivity contribution in [3.63, 3.8) is 0 Å². The molecule has 1 N–H and O–H groups in total. The average molecular weight is 156 g/mol. The van der Waals surface area contributed by atoms with Crippen LogP contribution in [0.4, 0.5) is 0 Å². The van der Waals surface area contributed by atoms with E-state index in [1.54, 1.807) is 0 Å². The van der Waals surface area contributed by atoms with E-state index >= 15 is 0 Å². The molecule has 1 saturated heterocycles.